The Morgan fingerprint density at radius 1 is 1.35 bits per heavy atom. The third kappa shape index (κ3) is 1.89. The number of hydrogen-bond acceptors (Lipinski definition) is 4. The molecule has 0 unspecified atom stereocenters. The summed E-state index contributed by atoms with van der Waals surface area (Å²) < 4.78 is 5.56. The van der Waals surface area contributed by atoms with Gasteiger partial charge in [-0.3, -0.25) is 4.98 Å². The zero-order valence-electron chi connectivity index (χ0n) is 10.0. The summed E-state index contributed by atoms with van der Waals surface area (Å²) in [6.07, 6.45) is 7.82. The predicted molar refractivity (Wildman–Crippen MR) is 68.3 cm³/mol. The summed E-state index contributed by atoms with van der Waals surface area (Å²) in [7, 11) is 2.13. The van der Waals surface area contributed by atoms with Crippen LogP contribution in [0.25, 0.3) is 11.0 Å². The minimum Gasteiger partial charge on any atom is -0.462 e. The summed E-state index contributed by atoms with van der Waals surface area (Å²) >= 11 is 0. The van der Waals surface area contributed by atoms with Crippen molar-refractivity contribution in [1.82, 2.24) is 10.3 Å². The number of piperidine rings is 1. The van der Waals surface area contributed by atoms with Crippen molar-refractivity contribution in [3.05, 3.63) is 24.7 Å². The molecular weight excluding hydrogens is 214 g/mol. The summed E-state index contributed by atoms with van der Waals surface area (Å²) in [4.78, 5) is 6.59. The lowest BCUT2D eigenvalue weighted by Gasteiger charge is -2.32. The Morgan fingerprint density at radius 3 is 3.00 bits per heavy atom. The molecule has 3 rings (SSSR count). The topological polar surface area (TPSA) is 41.3 Å². The van der Waals surface area contributed by atoms with Gasteiger partial charge in [0.2, 0.25) is 0 Å². The van der Waals surface area contributed by atoms with Crippen LogP contribution in [-0.2, 0) is 0 Å². The van der Waals surface area contributed by atoms with Crippen molar-refractivity contribution in [3.63, 3.8) is 0 Å². The quantitative estimate of drug-likeness (QED) is 0.858. The summed E-state index contributed by atoms with van der Waals surface area (Å²) in [6, 6.07) is 2.54. The third-order valence-corrected chi connectivity index (χ3v) is 3.58. The number of fused-ring (bicyclic) bond motifs is 1. The van der Waals surface area contributed by atoms with Gasteiger partial charge in [0.15, 0.2) is 5.58 Å². The van der Waals surface area contributed by atoms with Crippen LogP contribution in [0.5, 0.6) is 0 Å². The second-order valence-corrected chi connectivity index (χ2v) is 4.59. The van der Waals surface area contributed by atoms with Crippen molar-refractivity contribution in [1.29, 1.82) is 0 Å². The van der Waals surface area contributed by atoms with Gasteiger partial charge in [0.05, 0.1) is 18.1 Å². The highest BCUT2D eigenvalue weighted by Gasteiger charge is 2.20. The van der Waals surface area contributed by atoms with E-state index in [0.717, 1.165) is 29.7 Å². The van der Waals surface area contributed by atoms with Crippen molar-refractivity contribution < 1.29 is 4.42 Å². The van der Waals surface area contributed by atoms with E-state index in [2.05, 4.69) is 22.2 Å². The number of nitrogens with zero attached hydrogens (tertiary/aromatic N) is 2. The molecule has 0 aliphatic carbocycles. The largest absolute Gasteiger partial charge is 0.462 e. The van der Waals surface area contributed by atoms with E-state index in [-0.39, 0.29) is 0 Å². The zero-order valence-corrected chi connectivity index (χ0v) is 10.0. The lowest BCUT2D eigenvalue weighted by atomic mass is 10.0. The van der Waals surface area contributed by atoms with Crippen LogP contribution in [0.1, 0.15) is 12.8 Å². The van der Waals surface area contributed by atoms with Crippen LogP contribution in [-0.4, -0.2) is 31.2 Å². The van der Waals surface area contributed by atoms with Crippen molar-refractivity contribution in [3.8, 4) is 0 Å². The molecule has 4 heteroatoms. The molecule has 0 amide bonds. The smallest absolute Gasteiger partial charge is 0.160 e. The van der Waals surface area contributed by atoms with Crippen molar-refractivity contribution in [2.24, 2.45) is 0 Å². The highest BCUT2D eigenvalue weighted by molar-refractivity contribution is 5.88. The molecule has 4 nitrogen and oxygen atoms in total. The number of anilines is 1. The monoisotopic (exact) mass is 231 g/mol. The van der Waals surface area contributed by atoms with Gasteiger partial charge in [-0.05, 0) is 32.0 Å². The highest BCUT2D eigenvalue weighted by Crippen LogP contribution is 2.28. The van der Waals surface area contributed by atoms with Gasteiger partial charge >= 0.3 is 0 Å². The lowest BCUT2D eigenvalue weighted by Crippen LogP contribution is -2.41. The number of furan rings is 1. The standard InChI is InChI=1S/C13H17N3O/c1-16(11-2-5-14-6-3-11)12-9-15-8-10-4-7-17-13(10)12/h4,7-9,11,14H,2-3,5-6H2,1H3. The zero-order chi connectivity index (χ0) is 11.7. The van der Waals surface area contributed by atoms with E-state index in [1.54, 1.807) is 6.26 Å². The number of nitrogens with one attached hydrogen (secondary N) is 1. The van der Waals surface area contributed by atoms with E-state index in [1.807, 2.05) is 18.5 Å². The molecule has 1 fully saturated rings. The first-order chi connectivity index (χ1) is 8.36. The minimum absolute atomic E-state index is 0.578. The Hall–Kier alpha value is -1.55. The predicted octanol–water partition coefficient (Wildman–Crippen LogP) is 2.02. The van der Waals surface area contributed by atoms with E-state index in [9.17, 15) is 0 Å². The average molecular weight is 231 g/mol. The molecule has 17 heavy (non-hydrogen) atoms. The fraction of sp³-hybridized carbons (Fsp3) is 0.462. The second kappa shape index (κ2) is 4.37. The molecule has 90 valence electrons. The van der Waals surface area contributed by atoms with Crippen LogP contribution in [0.15, 0.2) is 29.1 Å². The number of hydrogen-bond donors (Lipinski definition) is 1. The molecule has 2 aromatic rings. The van der Waals surface area contributed by atoms with E-state index in [0.29, 0.717) is 6.04 Å². The Kier molecular flexibility index (Phi) is 2.73. The molecule has 1 aliphatic heterocycles. The van der Waals surface area contributed by atoms with Crippen LogP contribution >= 0.6 is 0 Å². The summed E-state index contributed by atoms with van der Waals surface area (Å²) in [6.45, 7) is 2.19. The van der Waals surface area contributed by atoms with Gasteiger partial charge in [0.1, 0.15) is 0 Å². The molecular formula is C13H17N3O. The van der Waals surface area contributed by atoms with E-state index >= 15 is 0 Å². The first kappa shape index (κ1) is 10.6. The third-order valence-electron chi connectivity index (χ3n) is 3.58. The van der Waals surface area contributed by atoms with E-state index in [4.69, 9.17) is 4.42 Å². The maximum absolute atomic E-state index is 5.56. The molecule has 1 aliphatic rings. The summed E-state index contributed by atoms with van der Waals surface area (Å²) in [5.74, 6) is 0. The van der Waals surface area contributed by atoms with Gasteiger partial charge in [-0.2, -0.15) is 0 Å². The molecule has 1 saturated heterocycles. The lowest BCUT2D eigenvalue weighted by molar-refractivity contribution is 0.442. The van der Waals surface area contributed by atoms with Crippen LogP contribution < -0.4 is 10.2 Å². The molecule has 0 radical (unpaired) electrons. The SMILES string of the molecule is CN(c1cncc2ccoc12)C1CCNCC1. The maximum atomic E-state index is 5.56. The normalized spacial score (nSPS) is 17.5. The van der Waals surface area contributed by atoms with Crippen molar-refractivity contribution in [2.45, 2.75) is 18.9 Å². The first-order valence-electron chi connectivity index (χ1n) is 6.11. The maximum Gasteiger partial charge on any atom is 0.160 e. The molecule has 1 N–H and O–H groups in total. The van der Waals surface area contributed by atoms with Crippen LogP contribution in [0.4, 0.5) is 5.69 Å². The summed E-state index contributed by atoms with van der Waals surface area (Å²) in [5.41, 5.74) is 2.04. The highest BCUT2D eigenvalue weighted by atomic mass is 16.3. The number of pyridine rings is 1. The van der Waals surface area contributed by atoms with Crippen molar-refractivity contribution in [2.75, 3.05) is 25.0 Å². The molecule has 0 atom stereocenters. The van der Waals surface area contributed by atoms with Gasteiger partial charge in [-0.25, -0.2) is 0 Å². The molecule has 0 bridgehead atoms. The second-order valence-electron chi connectivity index (χ2n) is 4.59. The molecule has 0 spiro atoms. The van der Waals surface area contributed by atoms with Crippen LogP contribution in [0.2, 0.25) is 0 Å². The average Bonchev–Trinajstić information content (AvgIpc) is 2.87. The van der Waals surface area contributed by atoms with Gasteiger partial charge in [0, 0.05) is 24.7 Å². The molecule has 2 aromatic heterocycles. The Labute approximate surface area is 101 Å². The first-order valence-corrected chi connectivity index (χ1v) is 6.11. The van der Waals surface area contributed by atoms with E-state index in [1.165, 1.54) is 12.8 Å². The Morgan fingerprint density at radius 2 is 2.18 bits per heavy atom. The molecule has 0 aromatic carbocycles. The molecule has 0 saturated carbocycles. The minimum atomic E-state index is 0.578. The van der Waals surface area contributed by atoms with Gasteiger partial charge in [-0.1, -0.05) is 0 Å². The molecule has 3 heterocycles. The number of rotatable bonds is 2. The fourth-order valence-corrected chi connectivity index (χ4v) is 2.52. The van der Waals surface area contributed by atoms with Gasteiger partial charge < -0.3 is 14.6 Å². The van der Waals surface area contributed by atoms with E-state index < -0.39 is 0 Å². The van der Waals surface area contributed by atoms with Crippen molar-refractivity contribution >= 4 is 16.7 Å². The van der Waals surface area contributed by atoms with Crippen LogP contribution in [0, 0.1) is 0 Å². The van der Waals surface area contributed by atoms with Crippen LogP contribution in [0.3, 0.4) is 0 Å². The fourth-order valence-electron chi connectivity index (χ4n) is 2.52. The Bertz CT molecular complexity index is 502. The van der Waals surface area contributed by atoms with Gasteiger partial charge in [-0.15, -0.1) is 0 Å². The summed E-state index contributed by atoms with van der Waals surface area (Å²) in [5, 5.41) is 4.46. The number of aromatic nitrogens is 1. The van der Waals surface area contributed by atoms with Gasteiger partial charge in [0.25, 0.3) is 0 Å². The Balaban J connectivity index is 1.94.